The van der Waals surface area contributed by atoms with Crippen molar-refractivity contribution in [1.82, 2.24) is 20.6 Å². The summed E-state index contributed by atoms with van der Waals surface area (Å²) in [6.45, 7) is 12.0. The van der Waals surface area contributed by atoms with Gasteiger partial charge in [-0.05, 0) is 44.7 Å². The minimum absolute atomic E-state index is 0.317. The first-order valence-corrected chi connectivity index (χ1v) is 8.86. The maximum atomic E-state index is 11.8. The zero-order chi connectivity index (χ0) is 18.4. The Morgan fingerprint density at radius 1 is 1.24 bits per heavy atom. The quantitative estimate of drug-likeness (QED) is 0.717. The van der Waals surface area contributed by atoms with Gasteiger partial charge in [-0.3, -0.25) is 0 Å². The van der Waals surface area contributed by atoms with E-state index in [1.807, 2.05) is 45.0 Å². The summed E-state index contributed by atoms with van der Waals surface area (Å²) in [5.41, 5.74) is 1.55. The highest BCUT2D eigenvalue weighted by Gasteiger charge is 2.19. The Morgan fingerprint density at radius 2 is 1.96 bits per heavy atom. The van der Waals surface area contributed by atoms with Gasteiger partial charge in [0.1, 0.15) is 11.4 Å². The fourth-order valence-corrected chi connectivity index (χ4v) is 2.54. The van der Waals surface area contributed by atoms with Crippen LogP contribution in [-0.4, -0.2) is 34.8 Å². The molecule has 1 aromatic carbocycles. The fraction of sp³-hybridized carbons (Fsp3) is 0.579. The van der Waals surface area contributed by atoms with E-state index in [0.717, 1.165) is 23.4 Å². The molecule has 0 bridgehead atoms. The van der Waals surface area contributed by atoms with E-state index in [9.17, 15) is 4.79 Å². The van der Waals surface area contributed by atoms with E-state index < -0.39 is 5.60 Å². The molecule has 138 valence electrons. The van der Waals surface area contributed by atoms with Crippen molar-refractivity contribution in [2.45, 2.75) is 46.8 Å². The average molecular weight is 346 g/mol. The number of alkyl carbamates (subject to hydrolysis) is 1. The number of amides is 1. The molecule has 2 aromatic rings. The molecule has 25 heavy (non-hydrogen) atoms. The van der Waals surface area contributed by atoms with Crippen molar-refractivity contribution < 1.29 is 9.53 Å². The molecule has 0 spiro atoms. The van der Waals surface area contributed by atoms with Crippen molar-refractivity contribution >= 4 is 17.1 Å². The fourth-order valence-electron chi connectivity index (χ4n) is 2.54. The Morgan fingerprint density at radius 3 is 2.60 bits per heavy atom. The molecule has 2 rings (SSSR count). The summed E-state index contributed by atoms with van der Waals surface area (Å²) >= 11 is 0. The number of aromatic amines is 1. The summed E-state index contributed by atoms with van der Waals surface area (Å²) in [4.78, 5) is 19.7. The standard InChI is InChI=1S/C19H30N4O2/c1-13(2)14(11-21-18(24)25-19(3,4)5)10-20-12-17-22-15-8-6-7-9-16(15)23-17/h6-9,13-14,20H,10-12H2,1-5H3,(H,21,24)(H,22,23). The number of fused-ring (bicyclic) bond motifs is 1. The Kier molecular flexibility index (Phi) is 6.42. The molecule has 1 heterocycles. The van der Waals surface area contributed by atoms with E-state index in [0.29, 0.717) is 24.9 Å². The summed E-state index contributed by atoms with van der Waals surface area (Å²) in [6, 6.07) is 8.00. The minimum Gasteiger partial charge on any atom is -0.444 e. The van der Waals surface area contributed by atoms with Gasteiger partial charge in [0, 0.05) is 13.1 Å². The molecule has 0 saturated carbocycles. The predicted octanol–water partition coefficient (Wildman–Crippen LogP) is 3.45. The topological polar surface area (TPSA) is 79.0 Å². The second kappa shape index (κ2) is 8.34. The Balaban J connectivity index is 1.80. The number of H-pyrrole nitrogens is 1. The lowest BCUT2D eigenvalue weighted by molar-refractivity contribution is 0.0515. The number of rotatable bonds is 7. The smallest absolute Gasteiger partial charge is 0.407 e. The summed E-state index contributed by atoms with van der Waals surface area (Å²) in [6.07, 6.45) is -0.365. The number of hydrogen-bond acceptors (Lipinski definition) is 4. The molecule has 1 atom stereocenters. The van der Waals surface area contributed by atoms with Gasteiger partial charge >= 0.3 is 6.09 Å². The number of hydrogen-bond donors (Lipinski definition) is 3. The third-order valence-electron chi connectivity index (χ3n) is 3.99. The summed E-state index contributed by atoms with van der Waals surface area (Å²) in [5.74, 6) is 1.68. The second-order valence-corrected chi connectivity index (χ2v) is 7.72. The number of para-hydroxylation sites is 2. The van der Waals surface area contributed by atoms with Crippen LogP contribution in [0.3, 0.4) is 0 Å². The number of aromatic nitrogens is 2. The number of nitrogens with one attached hydrogen (secondary N) is 3. The molecule has 1 amide bonds. The molecule has 0 fully saturated rings. The van der Waals surface area contributed by atoms with Crippen LogP contribution >= 0.6 is 0 Å². The van der Waals surface area contributed by atoms with Crippen LogP contribution in [0, 0.1) is 11.8 Å². The van der Waals surface area contributed by atoms with Gasteiger partial charge in [-0.1, -0.05) is 26.0 Å². The first-order chi connectivity index (χ1) is 11.7. The zero-order valence-electron chi connectivity index (χ0n) is 15.8. The van der Waals surface area contributed by atoms with Crippen LogP contribution in [0.5, 0.6) is 0 Å². The van der Waals surface area contributed by atoms with Crippen molar-refractivity contribution in [3.63, 3.8) is 0 Å². The van der Waals surface area contributed by atoms with Gasteiger partial charge in [0.25, 0.3) is 0 Å². The zero-order valence-corrected chi connectivity index (χ0v) is 15.8. The van der Waals surface area contributed by atoms with Crippen molar-refractivity contribution in [3.05, 3.63) is 30.1 Å². The van der Waals surface area contributed by atoms with E-state index in [4.69, 9.17) is 4.74 Å². The third kappa shape index (κ3) is 6.38. The first kappa shape index (κ1) is 19.2. The van der Waals surface area contributed by atoms with E-state index in [-0.39, 0.29) is 6.09 Å². The molecule has 0 saturated heterocycles. The lowest BCUT2D eigenvalue weighted by Crippen LogP contribution is -2.39. The maximum absolute atomic E-state index is 11.8. The predicted molar refractivity (Wildman–Crippen MR) is 100 cm³/mol. The van der Waals surface area contributed by atoms with Crippen LogP contribution in [0.4, 0.5) is 4.79 Å². The van der Waals surface area contributed by atoms with Crippen LogP contribution in [0.25, 0.3) is 11.0 Å². The van der Waals surface area contributed by atoms with Gasteiger partial charge in [-0.25, -0.2) is 9.78 Å². The van der Waals surface area contributed by atoms with E-state index in [2.05, 4.69) is 34.4 Å². The maximum Gasteiger partial charge on any atom is 0.407 e. The SMILES string of the molecule is CC(C)C(CNCc1nc2ccccc2[nH]1)CNC(=O)OC(C)(C)C. The van der Waals surface area contributed by atoms with Gasteiger partial charge < -0.3 is 20.4 Å². The van der Waals surface area contributed by atoms with E-state index >= 15 is 0 Å². The lowest BCUT2D eigenvalue weighted by atomic mass is 9.96. The van der Waals surface area contributed by atoms with E-state index in [1.165, 1.54) is 0 Å². The van der Waals surface area contributed by atoms with Crippen LogP contribution in [-0.2, 0) is 11.3 Å². The minimum atomic E-state index is -0.475. The van der Waals surface area contributed by atoms with Crippen LogP contribution in [0.2, 0.25) is 0 Å². The number of carbonyl (C=O) groups excluding carboxylic acids is 1. The Hall–Kier alpha value is -2.08. The van der Waals surface area contributed by atoms with Crippen molar-refractivity contribution in [2.24, 2.45) is 11.8 Å². The van der Waals surface area contributed by atoms with Gasteiger partial charge in [0.2, 0.25) is 0 Å². The van der Waals surface area contributed by atoms with Gasteiger partial charge in [-0.2, -0.15) is 0 Å². The molecule has 1 unspecified atom stereocenters. The molecule has 6 heteroatoms. The molecule has 0 radical (unpaired) electrons. The highest BCUT2D eigenvalue weighted by atomic mass is 16.6. The van der Waals surface area contributed by atoms with Gasteiger partial charge in [-0.15, -0.1) is 0 Å². The molecule has 0 aliphatic heterocycles. The van der Waals surface area contributed by atoms with Crippen LogP contribution in [0.15, 0.2) is 24.3 Å². The molecule has 6 nitrogen and oxygen atoms in total. The number of nitrogens with zero attached hydrogens (tertiary/aromatic N) is 1. The summed E-state index contributed by atoms with van der Waals surface area (Å²) in [7, 11) is 0. The number of carbonyl (C=O) groups is 1. The average Bonchev–Trinajstić information content (AvgIpc) is 2.91. The number of benzene rings is 1. The summed E-state index contributed by atoms with van der Waals surface area (Å²) in [5, 5.41) is 6.30. The number of ether oxygens (including phenoxy) is 1. The molecule has 3 N–H and O–H groups in total. The molecule has 0 aliphatic carbocycles. The van der Waals surface area contributed by atoms with E-state index in [1.54, 1.807) is 0 Å². The lowest BCUT2D eigenvalue weighted by Gasteiger charge is -2.24. The van der Waals surface area contributed by atoms with Crippen molar-refractivity contribution in [3.8, 4) is 0 Å². The van der Waals surface area contributed by atoms with Crippen LogP contribution < -0.4 is 10.6 Å². The van der Waals surface area contributed by atoms with Gasteiger partial charge in [0.15, 0.2) is 0 Å². The highest BCUT2D eigenvalue weighted by molar-refractivity contribution is 5.74. The molecule has 0 aliphatic rings. The van der Waals surface area contributed by atoms with Crippen molar-refractivity contribution in [1.29, 1.82) is 0 Å². The highest BCUT2D eigenvalue weighted by Crippen LogP contribution is 2.12. The van der Waals surface area contributed by atoms with Crippen molar-refractivity contribution in [2.75, 3.05) is 13.1 Å². The summed E-state index contributed by atoms with van der Waals surface area (Å²) < 4.78 is 5.29. The molecular formula is C19H30N4O2. The Labute approximate surface area is 149 Å². The second-order valence-electron chi connectivity index (χ2n) is 7.72. The molecular weight excluding hydrogens is 316 g/mol. The van der Waals surface area contributed by atoms with Crippen LogP contribution in [0.1, 0.15) is 40.4 Å². The third-order valence-corrected chi connectivity index (χ3v) is 3.99. The van der Waals surface area contributed by atoms with Gasteiger partial charge in [0.05, 0.1) is 17.6 Å². The first-order valence-electron chi connectivity index (χ1n) is 8.86. The monoisotopic (exact) mass is 346 g/mol. The largest absolute Gasteiger partial charge is 0.444 e. The normalized spacial score (nSPS) is 13.2. The molecule has 1 aromatic heterocycles. The Bertz CT molecular complexity index is 655. The number of imidazole rings is 1.